The van der Waals surface area contributed by atoms with Crippen LogP contribution in [0.25, 0.3) is 0 Å². The number of ether oxygens (including phenoxy) is 6. The van der Waals surface area contributed by atoms with Gasteiger partial charge in [-0.05, 0) is 57.8 Å². The first-order valence-electron chi connectivity index (χ1n) is 47.4. The summed E-state index contributed by atoms with van der Waals surface area (Å²) in [5.74, 6) is -0.266. The van der Waals surface area contributed by atoms with Gasteiger partial charge in [0.2, 0.25) is 5.91 Å². The number of aliphatic hydroxyl groups is 11. The molecule has 17 unspecified atom stereocenters. The fourth-order valence-electron chi connectivity index (χ4n) is 16.1. The maximum Gasteiger partial charge on any atom is 0.220 e. The van der Waals surface area contributed by atoms with E-state index in [0.29, 0.717) is 6.42 Å². The highest BCUT2D eigenvalue weighted by Crippen LogP contribution is 2.34. The highest BCUT2D eigenvalue weighted by Gasteiger charge is 2.54. The number of carbonyl (C=O) groups is 1. The molecule has 3 fully saturated rings. The zero-order valence-corrected chi connectivity index (χ0v) is 71.9. The highest BCUT2D eigenvalue weighted by molar-refractivity contribution is 5.76. The molecule has 19 heteroatoms. The standard InChI is InChI=1S/C94H175NO18/c1-3-5-7-9-11-13-15-17-19-21-23-25-27-29-31-32-33-34-35-36-37-38-39-40-41-42-43-44-46-48-50-52-54-56-58-60-62-64-66-68-70-72-82(100)95-77(78(99)71-69-67-65-63-61-59-57-55-53-51-49-47-45-30-28-26-24-22-20-18-16-14-12-10-8-6-4-2)76-108-92-88(106)85(103)90(80(74-97)110-92)113-94-89(107)86(104)91(81(75-98)111-94)112-93-87(105)84(102)83(101)79(73-96)109-93/h15,17,21,23,27,29,69,71,77-81,83-94,96-99,101-107H,3-14,16,18-20,22,24-26,28,30-68,70,72-76H2,1-2H3,(H,95,100)/b17-15-,23-21-,29-27-,71-69+. The van der Waals surface area contributed by atoms with Crippen LogP contribution in [0.3, 0.4) is 0 Å². The van der Waals surface area contributed by atoms with Crippen LogP contribution < -0.4 is 5.32 Å². The predicted octanol–water partition coefficient (Wildman–Crippen LogP) is 18.7. The van der Waals surface area contributed by atoms with Crippen molar-refractivity contribution in [2.24, 2.45) is 0 Å². The van der Waals surface area contributed by atoms with Crippen LogP contribution in [0.5, 0.6) is 0 Å². The Kier molecular flexibility index (Phi) is 68.4. The van der Waals surface area contributed by atoms with Crippen LogP contribution in [0, 0.1) is 0 Å². The third kappa shape index (κ3) is 51.9. The summed E-state index contributed by atoms with van der Waals surface area (Å²) in [5, 5.41) is 121. The van der Waals surface area contributed by atoms with E-state index in [1.165, 1.54) is 327 Å². The van der Waals surface area contributed by atoms with Crippen molar-refractivity contribution >= 4 is 5.91 Å². The quantitative estimate of drug-likeness (QED) is 0.0199. The van der Waals surface area contributed by atoms with Crippen LogP contribution in [0.2, 0.25) is 0 Å². The molecule has 0 spiro atoms. The van der Waals surface area contributed by atoms with Gasteiger partial charge in [-0.15, -0.1) is 0 Å². The van der Waals surface area contributed by atoms with Gasteiger partial charge in [0.05, 0.1) is 38.6 Å². The second kappa shape index (κ2) is 73.7. The first kappa shape index (κ1) is 105. The number of amides is 1. The van der Waals surface area contributed by atoms with Crippen LogP contribution in [0.15, 0.2) is 48.6 Å². The Hall–Kier alpha value is -2.25. The third-order valence-electron chi connectivity index (χ3n) is 23.6. The van der Waals surface area contributed by atoms with E-state index in [0.717, 1.165) is 57.8 Å². The molecule has 113 heavy (non-hydrogen) atoms. The molecule has 3 aliphatic heterocycles. The maximum atomic E-state index is 13.5. The third-order valence-corrected chi connectivity index (χ3v) is 23.6. The maximum absolute atomic E-state index is 13.5. The van der Waals surface area contributed by atoms with Gasteiger partial charge in [0.1, 0.15) is 73.2 Å². The summed E-state index contributed by atoms with van der Waals surface area (Å²) < 4.78 is 34.6. The number of rotatable bonds is 78. The van der Waals surface area contributed by atoms with E-state index in [-0.39, 0.29) is 18.9 Å². The van der Waals surface area contributed by atoms with E-state index in [4.69, 9.17) is 28.4 Å². The van der Waals surface area contributed by atoms with Crippen molar-refractivity contribution in [3.63, 3.8) is 0 Å². The minimum Gasteiger partial charge on any atom is -0.394 e. The van der Waals surface area contributed by atoms with Gasteiger partial charge in [0.25, 0.3) is 0 Å². The molecule has 0 bridgehead atoms. The predicted molar refractivity (Wildman–Crippen MR) is 457 cm³/mol. The van der Waals surface area contributed by atoms with Gasteiger partial charge in [-0.25, -0.2) is 0 Å². The van der Waals surface area contributed by atoms with Gasteiger partial charge in [-0.3, -0.25) is 4.79 Å². The van der Waals surface area contributed by atoms with E-state index in [2.05, 4.69) is 55.6 Å². The van der Waals surface area contributed by atoms with E-state index in [1.54, 1.807) is 6.08 Å². The Balaban J connectivity index is 1.29. The zero-order valence-electron chi connectivity index (χ0n) is 71.9. The SMILES string of the molecule is CCCCCCC/C=C\C/C=C\C/C=C\CCCCCCCCCCCCCCCCCCCCCCCCCCCCC(=O)NC(COC1OC(CO)C(OC2OC(CO)C(OC3OC(CO)C(O)C(O)C3O)C(O)C2O)C(O)C1O)C(O)/C=C/CCCCCCCCCCCCCCCCCCCCCCCCCCC. The fourth-order valence-corrected chi connectivity index (χ4v) is 16.1. The minimum absolute atomic E-state index is 0.248. The number of allylic oxidation sites excluding steroid dienone is 7. The molecule has 3 saturated heterocycles. The topological polar surface area (TPSA) is 307 Å². The Bertz CT molecular complexity index is 2220. The van der Waals surface area contributed by atoms with Crippen molar-refractivity contribution in [1.29, 1.82) is 0 Å². The molecule has 0 aromatic heterocycles. The summed E-state index contributed by atoms with van der Waals surface area (Å²) in [7, 11) is 0. The molecule has 664 valence electrons. The summed E-state index contributed by atoms with van der Waals surface area (Å²) in [6, 6.07) is -0.974. The molecule has 3 rings (SSSR count). The zero-order chi connectivity index (χ0) is 81.7. The Morgan fingerprint density at radius 2 is 0.584 bits per heavy atom. The summed E-state index contributed by atoms with van der Waals surface area (Å²) in [6.45, 7) is 1.79. The van der Waals surface area contributed by atoms with Crippen molar-refractivity contribution in [3.05, 3.63) is 48.6 Å². The second-order valence-corrected chi connectivity index (χ2v) is 33.8. The van der Waals surface area contributed by atoms with Crippen LogP contribution in [0.4, 0.5) is 0 Å². The van der Waals surface area contributed by atoms with Crippen LogP contribution in [-0.2, 0) is 33.2 Å². The van der Waals surface area contributed by atoms with E-state index in [1.807, 2.05) is 6.08 Å². The normalized spacial score (nSPS) is 25.0. The second-order valence-electron chi connectivity index (χ2n) is 33.8. The Morgan fingerprint density at radius 3 is 0.912 bits per heavy atom. The van der Waals surface area contributed by atoms with Crippen molar-refractivity contribution < 1.29 is 89.4 Å². The average Bonchev–Trinajstić information content (AvgIpc) is 0.777. The molecule has 19 nitrogen and oxygen atoms in total. The molecule has 17 atom stereocenters. The molecule has 12 N–H and O–H groups in total. The monoisotopic (exact) mass is 1610 g/mol. The lowest BCUT2D eigenvalue weighted by Gasteiger charge is -2.48. The molecule has 0 aromatic rings. The van der Waals surface area contributed by atoms with Gasteiger partial charge in [0, 0.05) is 6.42 Å². The van der Waals surface area contributed by atoms with Crippen LogP contribution in [0.1, 0.15) is 412 Å². The molecule has 3 heterocycles. The number of aliphatic hydroxyl groups excluding tert-OH is 11. The Labute approximate surface area is 688 Å². The lowest BCUT2D eigenvalue weighted by Crippen LogP contribution is -2.66. The van der Waals surface area contributed by atoms with Gasteiger partial charge >= 0.3 is 0 Å². The van der Waals surface area contributed by atoms with E-state index >= 15 is 0 Å². The minimum atomic E-state index is -1.98. The first-order valence-corrected chi connectivity index (χ1v) is 47.4. The van der Waals surface area contributed by atoms with E-state index in [9.17, 15) is 61.0 Å². The van der Waals surface area contributed by atoms with Crippen molar-refractivity contribution in [1.82, 2.24) is 5.32 Å². The average molecular weight is 1610 g/mol. The van der Waals surface area contributed by atoms with Gasteiger partial charge in [-0.2, -0.15) is 0 Å². The molecular weight excluding hydrogens is 1430 g/mol. The molecule has 0 aromatic carbocycles. The summed E-state index contributed by atoms with van der Waals surface area (Å²) >= 11 is 0. The molecule has 0 radical (unpaired) electrons. The van der Waals surface area contributed by atoms with Gasteiger partial charge < -0.3 is 89.9 Å². The van der Waals surface area contributed by atoms with E-state index < -0.39 is 124 Å². The van der Waals surface area contributed by atoms with Gasteiger partial charge in [0.15, 0.2) is 18.9 Å². The van der Waals surface area contributed by atoms with Crippen molar-refractivity contribution in [2.75, 3.05) is 26.4 Å². The fraction of sp³-hybridized carbons (Fsp3) is 0.904. The van der Waals surface area contributed by atoms with Crippen LogP contribution in [-0.4, -0.2) is 193 Å². The first-order chi connectivity index (χ1) is 55.3. The summed E-state index contributed by atoms with van der Waals surface area (Å²) in [6.07, 6.45) is 69.9. The number of hydrogen-bond acceptors (Lipinski definition) is 18. The van der Waals surface area contributed by atoms with Crippen LogP contribution >= 0.6 is 0 Å². The lowest BCUT2D eigenvalue weighted by atomic mass is 9.96. The largest absolute Gasteiger partial charge is 0.394 e. The number of nitrogens with one attached hydrogen (secondary N) is 1. The molecule has 0 saturated carbocycles. The number of hydrogen-bond donors (Lipinski definition) is 12. The molecular formula is C94H175NO18. The number of carbonyl (C=O) groups excluding carboxylic acids is 1. The number of unbranched alkanes of at least 4 members (excludes halogenated alkanes) is 56. The highest BCUT2D eigenvalue weighted by atomic mass is 16.8. The summed E-state index contributed by atoms with van der Waals surface area (Å²) in [4.78, 5) is 13.5. The lowest BCUT2D eigenvalue weighted by molar-refractivity contribution is -0.379. The smallest absolute Gasteiger partial charge is 0.220 e. The van der Waals surface area contributed by atoms with Crippen molar-refractivity contribution in [3.8, 4) is 0 Å². The van der Waals surface area contributed by atoms with Crippen molar-refractivity contribution in [2.45, 2.75) is 516 Å². The molecule has 0 aliphatic carbocycles. The summed E-state index contributed by atoms with van der Waals surface area (Å²) in [5.41, 5.74) is 0. The van der Waals surface area contributed by atoms with Gasteiger partial charge in [-0.1, -0.05) is 396 Å². The molecule has 3 aliphatic rings. The molecule has 1 amide bonds. The Morgan fingerprint density at radius 1 is 0.319 bits per heavy atom.